The monoisotopic (exact) mass is 385 g/mol. The van der Waals surface area contributed by atoms with Crippen molar-refractivity contribution in [3.05, 3.63) is 69.0 Å². The number of ether oxygens (including phenoxy) is 1. The Morgan fingerprint density at radius 1 is 1.19 bits per heavy atom. The lowest BCUT2D eigenvalue weighted by Crippen LogP contribution is -2.23. The molecule has 138 valence electrons. The molecule has 0 atom stereocenters. The number of carbonyl (C=O) groups excluding carboxylic acids is 2. The molecular weight excluding hydrogens is 370 g/mol. The summed E-state index contributed by atoms with van der Waals surface area (Å²) in [5, 5.41) is 11.2. The minimum atomic E-state index is -0.744. The second kappa shape index (κ2) is 7.92. The maximum absolute atomic E-state index is 12.6. The van der Waals surface area contributed by atoms with E-state index in [-0.39, 0.29) is 29.2 Å². The van der Waals surface area contributed by atoms with E-state index >= 15 is 0 Å². The fourth-order valence-corrected chi connectivity index (χ4v) is 3.58. The number of aromatic nitrogens is 1. The fraction of sp³-hybridized carbons (Fsp3) is 0.167. The molecule has 3 aromatic rings. The van der Waals surface area contributed by atoms with E-state index in [1.54, 1.807) is 17.6 Å². The van der Waals surface area contributed by atoms with Gasteiger partial charge in [0, 0.05) is 6.07 Å². The molecule has 0 N–H and O–H groups in total. The largest absolute Gasteiger partial charge is 0.465 e. The summed E-state index contributed by atoms with van der Waals surface area (Å²) < 4.78 is 7.39. The lowest BCUT2D eigenvalue weighted by atomic mass is 10.2. The number of para-hydroxylation sites is 2. The van der Waals surface area contributed by atoms with Gasteiger partial charge in [-0.3, -0.25) is 19.7 Å². The molecular formula is C18H15N3O5S. The summed E-state index contributed by atoms with van der Waals surface area (Å²) in [5.74, 6) is -1.20. The highest BCUT2D eigenvalue weighted by Crippen LogP contribution is 2.20. The van der Waals surface area contributed by atoms with Gasteiger partial charge in [0.25, 0.3) is 11.6 Å². The van der Waals surface area contributed by atoms with Crippen LogP contribution in [0.4, 0.5) is 5.69 Å². The Hall–Kier alpha value is -3.33. The van der Waals surface area contributed by atoms with Crippen LogP contribution in [0.25, 0.3) is 10.2 Å². The first-order valence-corrected chi connectivity index (χ1v) is 8.89. The summed E-state index contributed by atoms with van der Waals surface area (Å²) in [5.41, 5.74) is 0.302. The number of rotatable bonds is 5. The molecule has 0 saturated heterocycles. The van der Waals surface area contributed by atoms with Crippen molar-refractivity contribution in [2.24, 2.45) is 4.99 Å². The predicted octanol–water partition coefficient (Wildman–Crippen LogP) is 2.92. The molecule has 1 heterocycles. The summed E-state index contributed by atoms with van der Waals surface area (Å²) >= 11 is 1.22. The van der Waals surface area contributed by atoms with Crippen molar-refractivity contribution in [1.82, 2.24) is 4.57 Å². The van der Waals surface area contributed by atoms with E-state index in [4.69, 9.17) is 4.74 Å². The van der Waals surface area contributed by atoms with Crippen LogP contribution < -0.4 is 4.80 Å². The smallest absolute Gasteiger partial charge is 0.326 e. The van der Waals surface area contributed by atoms with Crippen LogP contribution in [-0.4, -0.2) is 28.0 Å². The number of nitrogens with zero attached hydrogens (tertiary/aromatic N) is 3. The van der Waals surface area contributed by atoms with Crippen LogP contribution in [0.15, 0.2) is 53.5 Å². The number of carbonyl (C=O) groups is 2. The molecule has 27 heavy (non-hydrogen) atoms. The van der Waals surface area contributed by atoms with Crippen molar-refractivity contribution in [1.29, 1.82) is 0 Å². The highest BCUT2D eigenvalue weighted by Gasteiger charge is 2.19. The number of hydrogen-bond donors (Lipinski definition) is 0. The molecule has 9 heteroatoms. The summed E-state index contributed by atoms with van der Waals surface area (Å²) in [6.45, 7) is 1.83. The number of amides is 1. The third-order valence-electron chi connectivity index (χ3n) is 3.71. The number of esters is 1. The molecule has 0 aliphatic heterocycles. The van der Waals surface area contributed by atoms with E-state index in [1.807, 2.05) is 18.2 Å². The number of hydrogen-bond acceptors (Lipinski definition) is 6. The van der Waals surface area contributed by atoms with Crippen LogP contribution in [0, 0.1) is 10.1 Å². The Kier molecular flexibility index (Phi) is 5.41. The van der Waals surface area contributed by atoms with Gasteiger partial charge in [0.2, 0.25) is 0 Å². The van der Waals surface area contributed by atoms with Crippen molar-refractivity contribution < 1.29 is 19.2 Å². The zero-order valence-electron chi connectivity index (χ0n) is 14.3. The zero-order chi connectivity index (χ0) is 19.4. The first-order valence-electron chi connectivity index (χ1n) is 8.07. The first-order chi connectivity index (χ1) is 13.0. The van der Waals surface area contributed by atoms with Crippen molar-refractivity contribution in [2.75, 3.05) is 6.61 Å². The predicted molar refractivity (Wildman–Crippen MR) is 99.4 cm³/mol. The Labute approximate surface area is 157 Å². The molecule has 0 saturated carbocycles. The molecule has 1 amide bonds. The second-order valence-electron chi connectivity index (χ2n) is 5.43. The van der Waals surface area contributed by atoms with Crippen molar-refractivity contribution in [2.45, 2.75) is 13.5 Å². The van der Waals surface area contributed by atoms with Gasteiger partial charge in [-0.15, -0.1) is 0 Å². The average molecular weight is 385 g/mol. The standard InChI is InChI=1S/C18H15N3O5S/c1-2-26-16(22)11-20-14-9-5-6-10-15(14)27-18(20)19-17(23)12-7-3-4-8-13(12)21(24)25/h3-10H,2,11H2,1H3. The third kappa shape index (κ3) is 3.93. The highest BCUT2D eigenvalue weighted by molar-refractivity contribution is 7.16. The Balaban J connectivity index is 2.12. The number of fused-ring (bicyclic) bond motifs is 1. The maximum Gasteiger partial charge on any atom is 0.326 e. The third-order valence-corrected chi connectivity index (χ3v) is 4.77. The van der Waals surface area contributed by atoms with Crippen LogP contribution in [-0.2, 0) is 16.1 Å². The number of benzene rings is 2. The van der Waals surface area contributed by atoms with Gasteiger partial charge in [0.15, 0.2) is 4.80 Å². The van der Waals surface area contributed by atoms with Crippen LogP contribution in [0.5, 0.6) is 0 Å². The zero-order valence-corrected chi connectivity index (χ0v) is 15.1. The van der Waals surface area contributed by atoms with Gasteiger partial charge in [-0.2, -0.15) is 4.99 Å². The minimum absolute atomic E-state index is 0.109. The number of nitro benzene ring substituents is 1. The Morgan fingerprint density at radius 2 is 1.89 bits per heavy atom. The van der Waals surface area contributed by atoms with E-state index in [9.17, 15) is 19.7 Å². The molecule has 8 nitrogen and oxygen atoms in total. The topological polar surface area (TPSA) is 104 Å². The lowest BCUT2D eigenvalue weighted by Gasteiger charge is -2.05. The van der Waals surface area contributed by atoms with Crippen LogP contribution >= 0.6 is 11.3 Å². The SMILES string of the molecule is CCOC(=O)Cn1c(=NC(=O)c2ccccc2[N+](=O)[O-])sc2ccccc21. The Bertz CT molecular complexity index is 1100. The summed E-state index contributed by atoms with van der Waals surface area (Å²) in [6.07, 6.45) is 0. The van der Waals surface area contributed by atoms with Crippen LogP contribution in [0.2, 0.25) is 0 Å². The van der Waals surface area contributed by atoms with E-state index in [1.165, 1.54) is 35.6 Å². The molecule has 0 aliphatic rings. The van der Waals surface area contributed by atoms with E-state index in [0.717, 1.165) is 10.2 Å². The van der Waals surface area contributed by atoms with Crippen molar-refractivity contribution in [3.8, 4) is 0 Å². The number of nitro groups is 1. The summed E-state index contributed by atoms with van der Waals surface area (Å²) in [4.78, 5) is 39.4. The molecule has 0 unspecified atom stereocenters. The molecule has 0 aliphatic carbocycles. The van der Waals surface area contributed by atoms with E-state index < -0.39 is 16.8 Å². The normalized spacial score (nSPS) is 11.5. The average Bonchev–Trinajstić information content (AvgIpc) is 2.99. The number of thiazole rings is 1. The minimum Gasteiger partial charge on any atom is -0.465 e. The molecule has 0 bridgehead atoms. The van der Waals surface area contributed by atoms with Gasteiger partial charge >= 0.3 is 5.97 Å². The maximum atomic E-state index is 12.6. The van der Waals surface area contributed by atoms with E-state index in [0.29, 0.717) is 0 Å². The van der Waals surface area contributed by atoms with Gasteiger partial charge in [-0.1, -0.05) is 35.6 Å². The lowest BCUT2D eigenvalue weighted by molar-refractivity contribution is -0.385. The first kappa shape index (κ1) is 18.5. The van der Waals surface area contributed by atoms with Gasteiger partial charge < -0.3 is 9.30 Å². The quantitative estimate of drug-likeness (QED) is 0.382. The highest BCUT2D eigenvalue weighted by atomic mass is 32.1. The van der Waals surface area contributed by atoms with Gasteiger partial charge in [-0.25, -0.2) is 0 Å². The fourth-order valence-electron chi connectivity index (χ4n) is 2.56. The van der Waals surface area contributed by atoms with Gasteiger partial charge in [-0.05, 0) is 25.1 Å². The van der Waals surface area contributed by atoms with Crippen molar-refractivity contribution >= 4 is 39.1 Å². The summed E-state index contributed by atoms with van der Waals surface area (Å²) in [7, 11) is 0. The molecule has 0 fully saturated rings. The Morgan fingerprint density at radius 3 is 2.63 bits per heavy atom. The molecule has 3 rings (SSSR count). The molecule has 0 radical (unpaired) electrons. The van der Waals surface area contributed by atoms with E-state index in [2.05, 4.69) is 4.99 Å². The van der Waals surface area contributed by atoms with Crippen LogP contribution in [0.3, 0.4) is 0 Å². The second-order valence-corrected chi connectivity index (χ2v) is 6.44. The molecule has 1 aromatic heterocycles. The summed E-state index contributed by atoms with van der Waals surface area (Å²) in [6, 6.07) is 12.9. The van der Waals surface area contributed by atoms with Gasteiger partial charge in [0.1, 0.15) is 12.1 Å². The van der Waals surface area contributed by atoms with Gasteiger partial charge in [0.05, 0.1) is 21.7 Å². The molecule has 0 spiro atoms. The molecule has 2 aromatic carbocycles. The van der Waals surface area contributed by atoms with Crippen molar-refractivity contribution in [3.63, 3.8) is 0 Å². The van der Waals surface area contributed by atoms with Crippen LogP contribution in [0.1, 0.15) is 17.3 Å².